The lowest BCUT2D eigenvalue weighted by Gasteiger charge is -2.20. The van der Waals surface area contributed by atoms with Gasteiger partial charge in [0.1, 0.15) is 12.6 Å². The predicted octanol–water partition coefficient (Wildman–Crippen LogP) is 4.40. The van der Waals surface area contributed by atoms with E-state index in [9.17, 15) is 27.6 Å². The first-order valence-electron chi connectivity index (χ1n) is 10.3. The molecule has 3 aromatic rings. The van der Waals surface area contributed by atoms with Crippen LogP contribution in [0.1, 0.15) is 37.9 Å². The first kappa shape index (κ1) is 24.5. The molecule has 0 fully saturated rings. The molecule has 3 rings (SSSR count). The van der Waals surface area contributed by atoms with E-state index in [4.69, 9.17) is 0 Å². The van der Waals surface area contributed by atoms with Crippen molar-refractivity contribution < 1.29 is 27.6 Å². The van der Waals surface area contributed by atoms with E-state index in [1.165, 1.54) is 18.2 Å². The van der Waals surface area contributed by atoms with E-state index < -0.39 is 36.5 Å². The second kappa shape index (κ2) is 10.7. The van der Waals surface area contributed by atoms with E-state index in [1.54, 1.807) is 72.9 Å². The zero-order valence-electron chi connectivity index (χ0n) is 18.1. The Morgan fingerprint density at radius 2 is 1.44 bits per heavy atom. The monoisotopic (exact) mass is 469 g/mol. The third kappa shape index (κ3) is 6.68. The molecule has 6 nitrogen and oxygen atoms in total. The predicted molar refractivity (Wildman–Crippen MR) is 121 cm³/mol. The molecule has 0 spiro atoms. The third-order valence-electron chi connectivity index (χ3n) is 4.91. The molecule has 1 unspecified atom stereocenters. The highest BCUT2D eigenvalue weighted by Gasteiger charge is 2.28. The lowest BCUT2D eigenvalue weighted by atomic mass is 10.0. The van der Waals surface area contributed by atoms with Crippen LogP contribution in [0.15, 0.2) is 78.9 Å². The highest BCUT2D eigenvalue weighted by Crippen LogP contribution is 2.21. The van der Waals surface area contributed by atoms with E-state index in [0.29, 0.717) is 16.7 Å². The van der Waals surface area contributed by atoms with Crippen molar-refractivity contribution in [1.29, 1.82) is 0 Å². The molecule has 176 valence electrons. The molecule has 0 aliphatic rings. The molecule has 3 N–H and O–H groups in total. The lowest BCUT2D eigenvalue weighted by molar-refractivity contribution is -0.123. The third-order valence-corrected chi connectivity index (χ3v) is 4.91. The molecule has 0 aromatic heterocycles. The number of carbonyl (C=O) groups excluding carboxylic acids is 3. The summed E-state index contributed by atoms with van der Waals surface area (Å²) >= 11 is 0. The zero-order chi connectivity index (χ0) is 24.7. The summed E-state index contributed by atoms with van der Waals surface area (Å²) in [5.74, 6) is -1.96. The number of carbonyl (C=O) groups is 3. The summed E-state index contributed by atoms with van der Waals surface area (Å²) in [6.07, 6.45) is -4.54. The van der Waals surface area contributed by atoms with Crippen LogP contribution in [-0.4, -0.2) is 30.4 Å². The number of aryl methyl sites for hydroxylation is 1. The van der Waals surface area contributed by atoms with Gasteiger partial charge in [-0.25, -0.2) is 0 Å². The fourth-order valence-electron chi connectivity index (χ4n) is 3.14. The molecule has 0 heterocycles. The van der Waals surface area contributed by atoms with E-state index in [1.807, 2.05) is 0 Å². The first-order chi connectivity index (χ1) is 16.1. The minimum atomic E-state index is -4.54. The summed E-state index contributed by atoms with van der Waals surface area (Å²) in [5, 5.41) is 7.18. The highest BCUT2D eigenvalue weighted by atomic mass is 19.4. The van der Waals surface area contributed by atoms with Gasteiger partial charge in [-0.1, -0.05) is 54.6 Å². The van der Waals surface area contributed by atoms with Crippen LogP contribution in [0.4, 0.5) is 18.9 Å². The summed E-state index contributed by atoms with van der Waals surface area (Å²) in [7, 11) is 0. The Kier molecular flexibility index (Phi) is 7.68. The SMILES string of the molecule is Cc1ccc(C(=O)NCC(F)(F)F)cc1NC(=O)C(NC(=O)c1ccccc1)c1ccccc1. The summed E-state index contributed by atoms with van der Waals surface area (Å²) in [4.78, 5) is 38.0. The molecule has 0 radical (unpaired) electrons. The number of nitrogens with one attached hydrogen (secondary N) is 3. The minimum absolute atomic E-state index is 0.0465. The smallest absolute Gasteiger partial charge is 0.343 e. The van der Waals surface area contributed by atoms with Crippen LogP contribution in [0.25, 0.3) is 0 Å². The zero-order valence-corrected chi connectivity index (χ0v) is 18.1. The van der Waals surface area contributed by atoms with Gasteiger partial charge in [-0.15, -0.1) is 0 Å². The largest absolute Gasteiger partial charge is 0.405 e. The summed E-state index contributed by atoms with van der Waals surface area (Å²) < 4.78 is 37.3. The quantitative estimate of drug-likeness (QED) is 0.480. The van der Waals surface area contributed by atoms with E-state index in [0.717, 1.165) is 0 Å². The van der Waals surface area contributed by atoms with Gasteiger partial charge in [-0.3, -0.25) is 14.4 Å². The summed E-state index contributed by atoms with van der Waals surface area (Å²) in [5.41, 5.74) is 1.67. The number of anilines is 1. The van der Waals surface area contributed by atoms with Gasteiger partial charge >= 0.3 is 6.18 Å². The van der Waals surface area contributed by atoms with Crippen molar-refractivity contribution in [3.8, 4) is 0 Å². The van der Waals surface area contributed by atoms with Crippen molar-refractivity contribution in [2.24, 2.45) is 0 Å². The van der Waals surface area contributed by atoms with Gasteiger partial charge in [0.25, 0.3) is 17.7 Å². The average molecular weight is 469 g/mol. The molecule has 3 aromatic carbocycles. The fourth-order valence-corrected chi connectivity index (χ4v) is 3.14. The van der Waals surface area contributed by atoms with Crippen molar-refractivity contribution in [1.82, 2.24) is 10.6 Å². The lowest BCUT2D eigenvalue weighted by Crippen LogP contribution is -2.37. The van der Waals surface area contributed by atoms with Crippen LogP contribution < -0.4 is 16.0 Å². The maximum atomic E-state index is 13.2. The Balaban J connectivity index is 1.82. The Bertz CT molecular complexity index is 1170. The van der Waals surface area contributed by atoms with Crippen LogP contribution in [0.2, 0.25) is 0 Å². The molecule has 0 aliphatic heterocycles. The van der Waals surface area contributed by atoms with Gasteiger partial charge in [-0.05, 0) is 42.3 Å². The first-order valence-corrected chi connectivity index (χ1v) is 10.3. The number of amides is 3. The Morgan fingerprint density at radius 1 is 0.824 bits per heavy atom. The standard InChI is InChI=1S/C25H22F3N3O3/c1-16-12-13-19(22(32)29-15-25(26,27)28)14-20(16)30-24(34)21(17-8-4-2-5-9-17)31-23(33)18-10-6-3-7-11-18/h2-14,21H,15H2,1H3,(H,29,32)(H,30,34)(H,31,33). The van der Waals surface area contributed by atoms with Crippen LogP contribution in [0.5, 0.6) is 0 Å². The van der Waals surface area contributed by atoms with Crippen LogP contribution in [-0.2, 0) is 4.79 Å². The topological polar surface area (TPSA) is 87.3 Å². The van der Waals surface area contributed by atoms with E-state index >= 15 is 0 Å². The molecule has 3 amide bonds. The van der Waals surface area contributed by atoms with E-state index in [-0.39, 0.29) is 11.3 Å². The molecular formula is C25H22F3N3O3. The molecule has 0 aliphatic carbocycles. The fraction of sp³-hybridized carbons (Fsp3) is 0.160. The number of halogens is 3. The number of alkyl halides is 3. The number of rotatable bonds is 7. The summed E-state index contributed by atoms with van der Waals surface area (Å²) in [6, 6.07) is 20.1. The Hall–Kier alpha value is -4.14. The minimum Gasteiger partial charge on any atom is -0.343 e. The molecule has 9 heteroatoms. The van der Waals surface area contributed by atoms with Crippen molar-refractivity contribution in [3.05, 3.63) is 101 Å². The van der Waals surface area contributed by atoms with E-state index in [2.05, 4.69) is 10.6 Å². The van der Waals surface area contributed by atoms with Crippen molar-refractivity contribution in [3.63, 3.8) is 0 Å². The van der Waals surface area contributed by atoms with Gasteiger partial charge in [0.15, 0.2) is 0 Å². The number of hydrogen-bond donors (Lipinski definition) is 3. The molecular weight excluding hydrogens is 447 g/mol. The van der Waals surface area contributed by atoms with Gasteiger partial charge in [0.2, 0.25) is 0 Å². The maximum absolute atomic E-state index is 13.2. The van der Waals surface area contributed by atoms with Gasteiger partial charge in [0.05, 0.1) is 0 Å². The van der Waals surface area contributed by atoms with Crippen LogP contribution in [0.3, 0.4) is 0 Å². The second-order valence-electron chi connectivity index (χ2n) is 7.50. The Labute approximate surface area is 194 Å². The second-order valence-corrected chi connectivity index (χ2v) is 7.50. The molecule has 0 saturated carbocycles. The van der Waals surface area contributed by atoms with Crippen molar-refractivity contribution >= 4 is 23.4 Å². The summed E-state index contributed by atoms with van der Waals surface area (Å²) in [6.45, 7) is 0.204. The Morgan fingerprint density at radius 3 is 2.06 bits per heavy atom. The van der Waals surface area contributed by atoms with Crippen molar-refractivity contribution in [2.45, 2.75) is 19.1 Å². The molecule has 1 atom stereocenters. The highest BCUT2D eigenvalue weighted by molar-refractivity contribution is 6.03. The number of hydrogen-bond acceptors (Lipinski definition) is 3. The van der Waals surface area contributed by atoms with Gasteiger partial charge in [0, 0.05) is 16.8 Å². The molecule has 34 heavy (non-hydrogen) atoms. The van der Waals surface area contributed by atoms with Gasteiger partial charge < -0.3 is 16.0 Å². The van der Waals surface area contributed by atoms with Crippen LogP contribution in [0, 0.1) is 6.92 Å². The molecule has 0 saturated heterocycles. The van der Waals surface area contributed by atoms with Crippen molar-refractivity contribution in [2.75, 3.05) is 11.9 Å². The number of benzene rings is 3. The van der Waals surface area contributed by atoms with Crippen LogP contribution >= 0.6 is 0 Å². The normalized spacial score (nSPS) is 11.9. The maximum Gasteiger partial charge on any atom is 0.405 e. The average Bonchev–Trinajstić information content (AvgIpc) is 2.82. The molecule has 0 bridgehead atoms. The van der Waals surface area contributed by atoms with Gasteiger partial charge in [-0.2, -0.15) is 13.2 Å².